The molecule has 0 spiro atoms. The summed E-state index contributed by atoms with van der Waals surface area (Å²) < 4.78 is 0. The van der Waals surface area contributed by atoms with Crippen molar-refractivity contribution in [2.24, 2.45) is 0 Å². The first-order valence-electron chi connectivity index (χ1n) is 3.22. The Hall–Kier alpha value is -0.570. The molecule has 0 aliphatic carbocycles. The maximum atomic E-state index is 10.6. The predicted molar refractivity (Wildman–Crippen MR) is 41.5 cm³/mol. The zero-order valence-corrected chi connectivity index (χ0v) is 6.03. The van der Waals surface area contributed by atoms with Gasteiger partial charge in [-0.1, -0.05) is 6.92 Å². The van der Waals surface area contributed by atoms with E-state index in [9.17, 15) is 4.79 Å². The highest BCUT2D eigenvalue weighted by Gasteiger charge is 1.93. The summed E-state index contributed by atoms with van der Waals surface area (Å²) in [6.45, 7) is 3.22. The molecule has 0 aromatic carbocycles. The van der Waals surface area contributed by atoms with Crippen LogP contribution in [0.2, 0.25) is 0 Å². The first kappa shape index (κ1) is 8.43. The normalized spacial score (nSPS) is 9.11. The molecule has 2 N–H and O–H groups in total. The van der Waals surface area contributed by atoms with E-state index in [2.05, 4.69) is 10.6 Å². The first-order chi connectivity index (χ1) is 4.31. The van der Waals surface area contributed by atoms with Crippen LogP contribution in [-0.2, 0) is 4.79 Å². The molecule has 0 atom stereocenters. The predicted octanol–water partition coefficient (Wildman–Crippen LogP) is 0.224. The van der Waals surface area contributed by atoms with E-state index in [1.807, 2.05) is 6.92 Å². The molecular formula is C6H18N2O. The molecule has 0 aromatic heterocycles. The zero-order chi connectivity index (χ0) is 7.11. The summed E-state index contributed by atoms with van der Waals surface area (Å²) in [6.07, 6.45) is 0.995. The molecule has 0 unspecified atom stereocenters. The molecule has 0 saturated heterocycles. The molecule has 0 rings (SSSR count). The van der Waals surface area contributed by atoms with Crippen molar-refractivity contribution in [3.05, 3.63) is 0 Å². The summed E-state index contributed by atoms with van der Waals surface area (Å²) >= 11 is 0. The van der Waals surface area contributed by atoms with Crippen LogP contribution in [0.15, 0.2) is 0 Å². The van der Waals surface area contributed by atoms with Gasteiger partial charge in [0.25, 0.3) is 0 Å². The van der Waals surface area contributed by atoms with Gasteiger partial charge in [0, 0.05) is 9.40 Å². The second-order valence-corrected chi connectivity index (χ2v) is 1.88. The summed E-state index contributed by atoms with van der Waals surface area (Å²) in [5.41, 5.74) is 0. The Morgan fingerprint density at radius 1 is 1.67 bits per heavy atom. The van der Waals surface area contributed by atoms with Crippen LogP contribution in [0.3, 0.4) is 0 Å². The van der Waals surface area contributed by atoms with E-state index in [1.165, 1.54) is 0 Å². The Bertz CT molecular complexity index is 90.7. The van der Waals surface area contributed by atoms with Gasteiger partial charge in [-0.15, -0.1) is 0 Å². The van der Waals surface area contributed by atoms with Crippen molar-refractivity contribution in [2.45, 2.75) is 13.3 Å². The van der Waals surface area contributed by atoms with E-state index in [0.717, 1.165) is 13.0 Å². The van der Waals surface area contributed by atoms with Gasteiger partial charge in [-0.3, -0.25) is 4.79 Å². The van der Waals surface area contributed by atoms with E-state index in [0.29, 0.717) is 6.54 Å². The number of hydrogen-bond donors (Lipinski definition) is 2. The van der Waals surface area contributed by atoms with Crippen LogP contribution in [0.4, 0.5) is 0 Å². The monoisotopic (exact) mass is 134 g/mol. The van der Waals surface area contributed by atoms with E-state index in [4.69, 9.17) is 0 Å². The van der Waals surface area contributed by atoms with E-state index in [-0.39, 0.29) is 8.76 Å². The zero-order valence-electron chi connectivity index (χ0n) is 6.03. The molecule has 0 aliphatic heterocycles. The van der Waals surface area contributed by atoms with Crippen molar-refractivity contribution >= 4 is 5.91 Å². The van der Waals surface area contributed by atoms with Crippen molar-refractivity contribution in [3.8, 4) is 0 Å². The number of amides is 1. The van der Waals surface area contributed by atoms with Gasteiger partial charge in [0.15, 0.2) is 0 Å². The number of nitrogens with one attached hydrogen (secondary N) is 2. The Labute approximate surface area is 58.8 Å². The highest BCUT2D eigenvalue weighted by molar-refractivity contribution is 5.77. The Kier molecular flexibility index (Phi) is 5.21. The Balaban J connectivity index is -0.000000320. The lowest BCUT2D eigenvalue weighted by Crippen LogP contribution is -2.32. The van der Waals surface area contributed by atoms with Crippen molar-refractivity contribution < 1.29 is 7.65 Å². The summed E-state index contributed by atoms with van der Waals surface area (Å²) in [6, 6.07) is 0. The van der Waals surface area contributed by atoms with Crippen LogP contribution in [0.5, 0.6) is 0 Å². The van der Waals surface area contributed by atoms with Gasteiger partial charge >= 0.3 is 0 Å². The molecule has 0 aromatic rings. The molecule has 0 aliphatic rings. The van der Waals surface area contributed by atoms with Gasteiger partial charge in [0.05, 0.1) is 6.54 Å². The van der Waals surface area contributed by atoms with E-state index < -0.39 is 0 Å². The summed E-state index contributed by atoms with van der Waals surface area (Å²) in [5, 5.41) is 5.50. The van der Waals surface area contributed by atoms with Gasteiger partial charge in [-0.2, -0.15) is 0 Å². The molecule has 9 heavy (non-hydrogen) atoms. The topological polar surface area (TPSA) is 41.1 Å². The summed E-state index contributed by atoms with van der Waals surface area (Å²) in [5.74, 6) is 0.0688. The van der Waals surface area contributed by atoms with Gasteiger partial charge in [-0.25, -0.2) is 0 Å². The fraction of sp³-hybridized carbons (Fsp3) is 0.833. The van der Waals surface area contributed by atoms with Crippen molar-refractivity contribution in [2.75, 3.05) is 20.1 Å². The van der Waals surface area contributed by atoms with E-state index in [1.54, 1.807) is 7.05 Å². The average Bonchev–Trinajstić information content (AvgIpc) is 1.85. The molecule has 3 heteroatoms. The fourth-order valence-corrected chi connectivity index (χ4v) is 0.487. The average molecular weight is 134 g/mol. The second kappa shape index (κ2) is 5.56. The molecular weight excluding hydrogens is 116 g/mol. The second-order valence-electron chi connectivity index (χ2n) is 1.88. The maximum absolute atomic E-state index is 10.6. The third kappa shape index (κ3) is 5.30. The molecule has 0 bridgehead atoms. The third-order valence-corrected chi connectivity index (χ3v) is 0.910. The summed E-state index contributed by atoms with van der Waals surface area (Å²) in [7, 11) is 1.76. The standard InChI is InChI=1S/C6H14N2O.2H2/c1-3-4-8-6(9)5-7-2;;/h7H,3-5H2,1-2H3,(H,8,9);2*1H. The minimum Gasteiger partial charge on any atom is -0.355 e. The van der Waals surface area contributed by atoms with Crippen molar-refractivity contribution in [1.29, 1.82) is 0 Å². The minimum absolute atomic E-state index is 0. The molecule has 3 nitrogen and oxygen atoms in total. The molecule has 58 valence electrons. The van der Waals surface area contributed by atoms with Crippen LogP contribution in [0.1, 0.15) is 16.2 Å². The number of rotatable bonds is 4. The van der Waals surface area contributed by atoms with E-state index >= 15 is 0 Å². The third-order valence-electron chi connectivity index (χ3n) is 0.910. The van der Waals surface area contributed by atoms with Gasteiger partial charge in [-0.05, 0) is 13.5 Å². The lowest BCUT2D eigenvalue weighted by atomic mass is 10.4. The number of carbonyl (C=O) groups is 1. The quantitative estimate of drug-likeness (QED) is 0.577. The number of carbonyl (C=O) groups excluding carboxylic acids is 1. The fourth-order valence-electron chi connectivity index (χ4n) is 0.487. The number of likely N-dealkylation sites (N-methyl/N-ethyl adjacent to an activating group) is 1. The van der Waals surface area contributed by atoms with Gasteiger partial charge in [0.1, 0.15) is 0 Å². The van der Waals surface area contributed by atoms with Gasteiger partial charge in [0.2, 0.25) is 5.91 Å². The van der Waals surface area contributed by atoms with Gasteiger partial charge < -0.3 is 10.6 Å². The van der Waals surface area contributed by atoms with Crippen LogP contribution < -0.4 is 10.6 Å². The molecule has 0 heterocycles. The Morgan fingerprint density at radius 3 is 2.78 bits per heavy atom. The van der Waals surface area contributed by atoms with Crippen molar-refractivity contribution in [3.63, 3.8) is 0 Å². The van der Waals surface area contributed by atoms with Crippen LogP contribution in [0, 0.1) is 0 Å². The maximum Gasteiger partial charge on any atom is 0.233 e. The minimum atomic E-state index is 0. The van der Waals surface area contributed by atoms with Crippen LogP contribution in [0.25, 0.3) is 0 Å². The molecule has 0 saturated carbocycles. The highest BCUT2D eigenvalue weighted by Crippen LogP contribution is 1.68. The number of hydrogen-bond acceptors (Lipinski definition) is 2. The lowest BCUT2D eigenvalue weighted by molar-refractivity contribution is -0.120. The van der Waals surface area contributed by atoms with Crippen LogP contribution >= 0.6 is 0 Å². The van der Waals surface area contributed by atoms with Crippen LogP contribution in [-0.4, -0.2) is 26.0 Å². The molecule has 1 amide bonds. The summed E-state index contributed by atoms with van der Waals surface area (Å²) in [4.78, 5) is 10.6. The highest BCUT2D eigenvalue weighted by atomic mass is 16.1. The Morgan fingerprint density at radius 2 is 2.33 bits per heavy atom. The largest absolute Gasteiger partial charge is 0.355 e. The molecule has 0 fully saturated rings. The van der Waals surface area contributed by atoms with Crippen molar-refractivity contribution in [1.82, 2.24) is 10.6 Å². The smallest absolute Gasteiger partial charge is 0.233 e. The molecule has 0 radical (unpaired) electrons. The lowest BCUT2D eigenvalue weighted by Gasteiger charge is -2.00. The first-order valence-corrected chi connectivity index (χ1v) is 3.22. The SMILES string of the molecule is CCCNC(=O)CNC.[HH].[HH].